The Morgan fingerprint density at radius 1 is 1.25 bits per heavy atom. The van der Waals surface area contributed by atoms with Crippen molar-refractivity contribution in [3.05, 3.63) is 52.1 Å². The lowest BCUT2D eigenvalue weighted by Crippen LogP contribution is -1.91. The molecule has 3 aromatic rings. The molecule has 3 rings (SSSR count). The van der Waals surface area contributed by atoms with E-state index < -0.39 is 4.92 Å². The van der Waals surface area contributed by atoms with E-state index in [0.29, 0.717) is 5.56 Å². The summed E-state index contributed by atoms with van der Waals surface area (Å²) in [5, 5.41) is 21.0. The van der Waals surface area contributed by atoms with Crippen LogP contribution in [0.2, 0.25) is 0 Å². The van der Waals surface area contributed by atoms with Crippen molar-refractivity contribution in [3.63, 3.8) is 0 Å². The predicted octanol–water partition coefficient (Wildman–Crippen LogP) is 3.89. The molecule has 0 saturated carbocycles. The first-order chi connectivity index (χ1) is 9.54. The van der Waals surface area contributed by atoms with E-state index in [1.165, 1.54) is 17.4 Å². The van der Waals surface area contributed by atoms with E-state index >= 15 is 0 Å². The Morgan fingerprint density at radius 2 is 2.05 bits per heavy atom. The summed E-state index contributed by atoms with van der Waals surface area (Å²) in [7, 11) is 0. The zero-order valence-electron chi connectivity index (χ0n) is 10.5. The lowest BCUT2D eigenvalue weighted by molar-refractivity contribution is -0.385. The summed E-state index contributed by atoms with van der Waals surface area (Å²) < 4.78 is 0.885. The van der Waals surface area contributed by atoms with Crippen molar-refractivity contribution in [2.75, 3.05) is 0 Å². The van der Waals surface area contributed by atoms with Crippen LogP contribution in [0.15, 0.2) is 36.4 Å². The smallest absolute Gasteiger partial charge is 0.272 e. The van der Waals surface area contributed by atoms with E-state index in [1.54, 1.807) is 37.3 Å². The van der Waals surface area contributed by atoms with Crippen LogP contribution in [0.5, 0.6) is 5.75 Å². The summed E-state index contributed by atoms with van der Waals surface area (Å²) in [5.41, 5.74) is 2.36. The van der Waals surface area contributed by atoms with Crippen LogP contribution >= 0.6 is 11.3 Å². The molecule has 100 valence electrons. The van der Waals surface area contributed by atoms with E-state index in [-0.39, 0.29) is 11.4 Å². The molecule has 0 saturated heterocycles. The van der Waals surface area contributed by atoms with Crippen molar-refractivity contribution < 1.29 is 10.0 Å². The molecule has 5 nitrogen and oxygen atoms in total. The van der Waals surface area contributed by atoms with Crippen molar-refractivity contribution in [3.8, 4) is 16.3 Å². The van der Waals surface area contributed by atoms with E-state index in [9.17, 15) is 15.2 Å². The maximum absolute atomic E-state index is 10.8. The van der Waals surface area contributed by atoms with Gasteiger partial charge >= 0.3 is 0 Å². The minimum absolute atomic E-state index is 0.104. The first-order valence-corrected chi connectivity index (χ1v) is 6.71. The second kappa shape index (κ2) is 4.57. The fourth-order valence-electron chi connectivity index (χ4n) is 2.03. The number of hydrogen-bond acceptors (Lipinski definition) is 5. The number of nitro groups is 1. The Bertz CT molecular complexity index is 826. The first-order valence-electron chi connectivity index (χ1n) is 5.89. The van der Waals surface area contributed by atoms with Crippen LogP contribution in [0.4, 0.5) is 5.69 Å². The Kier molecular flexibility index (Phi) is 2.87. The molecule has 0 aliphatic carbocycles. The number of nitrogens with zero attached hydrogens (tertiary/aromatic N) is 2. The molecular weight excluding hydrogens is 276 g/mol. The lowest BCUT2D eigenvalue weighted by Gasteiger charge is -1.99. The molecule has 1 N–H and O–H groups in total. The molecule has 1 aromatic heterocycles. The van der Waals surface area contributed by atoms with Crippen molar-refractivity contribution in [2.45, 2.75) is 6.92 Å². The number of phenolic OH excluding ortho intramolecular Hbond substituents is 1. The van der Waals surface area contributed by atoms with Gasteiger partial charge in [0.25, 0.3) is 5.69 Å². The van der Waals surface area contributed by atoms with E-state index in [4.69, 9.17) is 0 Å². The summed E-state index contributed by atoms with van der Waals surface area (Å²) in [6, 6.07) is 9.96. The molecule has 0 atom stereocenters. The zero-order chi connectivity index (χ0) is 14.3. The highest BCUT2D eigenvalue weighted by Gasteiger charge is 2.13. The van der Waals surface area contributed by atoms with Crippen LogP contribution in [0.25, 0.3) is 20.8 Å². The molecule has 0 aliphatic rings. The third-order valence-electron chi connectivity index (χ3n) is 3.01. The van der Waals surface area contributed by atoms with Gasteiger partial charge in [0, 0.05) is 17.2 Å². The second-order valence-electron chi connectivity index (χ2n) is 4.43. The van der Waals surface area contributed by atoms with Gasteiger partial charge in [-0.15, -0.1) is 11.3 Å². The van der Waals surface area contributed by atoms with Gasteiger partial charge in [-0.2, -0.15) is 0 Å². The lowest BCUT2D eigenvalue weighted by atomic mass is 10.1. The number of benzene rings is 2. The SMILES string of the molecule is Cc1cc(-c2nc3ccc(O)cc3s2)ccc1[N+](=O)[O-]. The van der Waals surface area contributed by atoms with Crippen molar-refractivity contribution in [2.24, 2.45) is 0 Å². The fourth-order valence-corrected chi connectivity index (χ4v) is 3.03. The van der Waals surface area contributed by atoms with Crippen molar-refractivity contribution in [1.29, 1.82) is 0 Å². The van der Waals surface area contributed by atoms with Gasteiger partial charge in [-0.05, 0) is 37.3 Å². The number of aromatic nitrogens is 1. The minimum Gasteiger partial charge on any atom is -0.508 e. The highest BCUT2D eigenvalue weighted by atomic mass is 32.1. The third-order valence-corrected chi connectivity index (χ3v) is 4.08. The molecule has 0 fully saturated rings. The first kappa shape index (κ1) is 12.6. The summed E-state index contributed by atoms with van der Waals surface area (Å²) in [6.07, 6.45) is 0. The molecule has 0 radical (unpaired) electrons. The van der Waals surface area contributed by atoms with E-state index in [1.807, 2.05) is 0 Å². The van der Waals surface area contributed by atoms with Crippen molar-refractivity contribution in [1.82, 2.24) is 4.98 Å². The van der Waals surface area contributed by atoms with Crippen molar-refractivity contribution >= 4 is 27.2 Å². The quantitative estimate of drug-likeness (QED) is 0.573. The number of phenols is 1. The predicted molar refractivity (Wildman–Crippen MR) is 78.1 cm³/mol. The average Bonchev–Trinajstić information content (AvgIpc) is 2.81. The number of hydrogen-bond donors (Lipinski definition) is 1. The third kappa shape index (κ3) is 2.10. The summed E-state index contributed by atoms with van der Waals surface area (Å²) in [6.45, 7) is 1.71. The standard InChI is InChI=1S/C14H10N2O3S/c1-8-6-9(2-5-12(8)16(18)19)14-15-11-4-3-10(17)7-13(11)20-14/h2-7,17H,1H3. The monoisotopic (exact) mass is 286 g/mol. The van der Waals surface area contributed by atoms with E-state index in [2.05, 4.69) is 4.98 Å². The second-order valence-corrected chi connectivity index (χ2v) is 5.46. The van der Waals surface area contributed by atoms with E-state index in [0.717, 1.165) is 20.8 Å². The minimum atomic E-state index is -0.393. The van der Waals surface area contributed by atoms with Gasteiger partial charge in [0.15, 0.2) is 0 Å². The van der Waals surface area contributed by atoms with Crippen LogP contribution in [0, 0.1) is 17.0 Å². The number of aryl methyl sites for hydroxylation is 1. The highest BCUT2D eigenvalue weighted by molar-refractivity contribution is 7.21. The van der Waals surface area contributed by atoms with Crippen LogP contribution in [-0.2, 0) is 0 Å². The topological polar surface area (TPSA) is 76.3 Å². The van der Waals surface area contributed by atoms with Gasteiger partial charge in [0.1, 0.15) is 10.8 Å². The van der Waals surface area contributed by atoms with Crippen LogP contribution in [-0.4, -0.2) is 15.0 Å². The normalized spacial score (nSPS) is 10.8. The molecule has 6 heteroatoms. The maximum atomic E-state index is 10.8. The number of thiazole rings is 1. The van der Waals surface area contributed by atoms with Crippen LogP contribution in [0.1, 0.15) is 5.56 Å². The molecule has 0 spiro atoms. The summed E-state index contributed by atoms with van der Waals surface area (Å²) in [5.74, 6) is 0.201. The summed E-state index contributed by atoms with van der Waals surface area (Å²) in [4.78, 5) is 14.9. The number of aromatic hydroxyl groups is 1. The zero-order valence-corrected chi connectivity index (χ0v) is 11.3. The highest BCUT2D eigenvalue weighted by Crippen LogP contribution is 2.33. The van der Waals surface area contributed by atoms with Gasteiger partial charge < -0.3 is 5.11 Å². The molecular formula is C14H10N2O3S. The molecule has 2 aromatic carbocycles. The largest absolute Gasteiger partial charge is 0.508 e. The molecule has 0 bridgehead atoms. The molecule has 0 amide bonds. The number of fused-ring (bicyclic) bond motifs is 1. The molecule has 1 heterocycles. The number of nitro benzene ring substituents is 1. The Labute approximate surface area is 118 Å². The Balaban J connectivity index is 2.11. The number of rotatable bonds is 2. The van der Waals surface area contributed by atoms with Gasteiger partial charge in [-0.25, -0.2) is 4.98 Å². The van der Waals surface area contributed by atoms with Gasteiger partial charge in [-0.3, -0.25) is 10.1 Å². The fraction of sp³-hybridized carbons (Fsp3) is 0.0714. The van der Waals surface area contributed by atoms with Crippen LogP contribution < -0.4 is 0 Å². The Hall–Kier alpha value is -2.47. The summed E-state index contributed by atoms with van der Waals surface area (Å²) >= 11 is 1.45. The average molecular weight is 286 g/mol. The molecule has 0 unspecified atom stereocenters. The van der Waals surface area contributed by atoms with Gasteiger partial charge in [0.2, 0.25) is 0 Å². The molecule has 0 aliphatic heterocycles. The molecule has 20 heavy (non-hydrogen) atoms. The van der Waals surface area contributed by atoms with Gasteiger partial charge in [0.05, 0.1) is 15.1 Å². The van der Waals surface area contributed by atoms with Crippen LogP contribution in [0.3, 0.4) is 0 Å². The maximum Gasteiger partial charge on any atom is 0.272 e. The van der Waals surface area contributed by atoms with Gasteiger partial charge in [-0.1, -0.05) is 0 Å². The Morgan fingerprint density at radius 3 is 2.75 bits per heavy atom.